The molecule has 0 amide bonds. The average molecular weight is 535 g/mol. The lowest BCUT2D eigenvalue weighted by atomic mass is 9.70. The fourth-order valence-corrected chi connectivity index (χ4v) is 6.39. The van der Waals surface area contributed by atoms with Crippen LogP contribution in [0.15, 0.2) is 11.0 Å². The molecule has 2 saturated heterocycles. The van der Waals surface area contributed by atoms with E-state index in [4.69, 9.17) is 4.74 Å². The van der Waals surface area contributed by atoms with Gasteiger partial charge in [-0.15, -0.1) is 11.3 Å². The number of nitrogens with zero attached hydrogens (tertiary/aromatic N) is 2. The van der Waals surface area contributed by atoms with Crippen LogP contribution in [0.2, 0.25) is 0 Å². The molecule has 0 bridgehead atoms. The molecule has 2 aliphatic rings. The van der Waals surface area contributed by atoms with Crippen LogP contribution in [0.1, 0.15) is 84.3 Å². The van der Waals surface area contributed by atoms with E-state index in [1.165, 1.54) is 0 Å². The number of hydrogen-bond acceptors (Lipinski definition) is 8. The van der Waals surface area contributed by atoms with Gasteiger partial charge >= 0.3 is 5.97 Å². The van der Waals surface area contributed by atoms with Crippen molar-refractivity contribution in [2.45, 2.75) is 105 Å². The Morgan fingerprint density at radius 2 is 1.95 bits per heavy atom. The number of ketones is 1. The molecule has 0 radical (unpaired) electrons. The van der Waals surface area contributed by atoms with Gasteiger partial charge in [0, 0.05) is 36.3 Å². The minimum Gasteiger partial charge on any atom is -0.458 e. The highest BCUT2D eigenvalue weighted by molar-refractivity contribution is 7.09. The second-order valence-corrected chi connectivity index (χ2v) is 12.9. The van der Waals surface area contributed by atoms with E-state index >= 15 is 0 Å². The van der Waals surface area contributed by atoms with E-state index in [9.17, 15) is 19.8 Å². The third kappa shape index (κ3) is 7.28. The lowest BCUT2D eigenvalue weighted by molar-refractivity contribution is -0.154. The Hall–Kier alpha value is -1.61. The number of Topliss-reactive ketones (excluding diaryl/α,β-unsaturated/α-hetero) is 1. The Bertz CT molecular complexity index is 973. The molecule has 0 saturated carbocycles. The summed E-state index contributed by atoms with van der Waals surface area (Å²) in [6, 6.07) is 0.578. The van der Waals surface area contributed by atoms with E-state index in [2.05, 4.69) is 23.7 Å². The van der Waals surface area contributed by atoms with Crippen LogP contribution in [0.3, 0.4) is 0 Å². The van der Waals surface area contributed by atoms with Gasteiger partial charge in [0.1, 0.15) is 11.9 Å². The van der Waals surface area contributed by atoms with Crippen LogP contribution in [0, 0.1) is 30.1 Å². The van der Waals surface area contributed by atoms with Crippen LogP contribution in [0.5, 0.6) is 0 Å². The fraction of sp³-hybridized carbons (Fsp3) is 0.759. The third-order valence-electron chi connectivity index (χ3n) is 8.90. The molecule has 4 unspecified atom stereocenters. The van der Waals surface area contributed by atoms with Crippen LogP contribution >= 0.6 is 11.3 Å². The lowest BCUT2D eigenvalue weighted by Crippen LogP contribution is -2.44. The van der Waals surface area contributed by atoms with Crippen molar-refractivity contribution in [1.29, 1.82) is 0 Å². The Morgan fingerprint density at radius 1 is 1.24 bits per heavy atom. The maximum absolute atomic E-state index is 13.4. The number of carbonyl (C=O) groups is 2. The number of hydrogen-bond donors (Lipinski definition) is 2. The van der Waals surface area contributed by atoms with Crippen LogP contribution in [0.25, 0.3) is 6.08 Å². The van der Waals surface area contributed by atoms with Gasteiger partial charge < -0.3 is 14.9 Å². The predicted octanol–water partition coefficient (Wildman–Crippen LogP) is 4.64. The van der Waals surface area contributed by atoms with Gasteiger partial charge in [0.15, 0.2) is 0 Å². The first-order valence-electron chi connectivity index (χ1n) is 13.8. The SMILES string of the molecule is C/C(=C\c1csc(C)n1)[C@@H]1C[C@H]2[C@@H](CCCC(C)[C@H](C)C(C)C(=O)C(C)(C)C(O)CC(=O)O1)N2CCO. The number of fused-ring (bicyclic) bond motifs is 1. The minimum atomic E-state index is -1.13. The number of cyclic esters (lactones) is 1. The van der Waals surface area contributed by atoms with Crippen molar-refractivity contribution in [3.05, 3.63) is 21.7 Å². The molecule has 2 N–H and O–H groups in total. The van der Waals surface area contributed by atoms with Gasteiger partial charge in [0.05, 0.1) is 35.2 Å². The monoisotopic (exact) mass is 534 g/mol. The van der Waals surface area contributed by atoms with Gasteiger partial charge in [-0.1, -0.05) is 47.5 Å². The van der Waals surface area contributed by atoms with Crippen LogP contribution in [-0.4, -0.2) is 69.3 Å². The summed E-state index contributed by atoms with van der Waals surface area (Å²) in [5.41, 5.74) is 0.684. The van der Waals surface area contributed by atoms with Crippen molar-refractivity contribution in [3.8, 4) is 0 Å². The fourth-order valence-electron chi connectivity index (χ4n) is 5.82. The first kappa shape index (κ1) is 29.9. The third-order valence-corrected chi connectivity index (χ3v) is 9.69. The standard InChI is InChI=1S/C29H46N2O5S/c1-17-9-8-10-23-24(31(23)11-12-32)14-25(18(2)13-22-16-37-21(5)30-22)36-27(34)15-26(33)29(6,7)28(35)20(4)19(17)3/h13,16-17,19-20,23-26,32-33H,8-12,14-15H2,1-7H3/b18-13+/t17?,19-,20?,23+,24-,25-,26?,31?/m0/s1. The van der Waals surface area contributed by atoms with E-state index < -0.39 is 23.6 Å². The van der Waals surface area contributed by atoms with Gasteiger partial charge in [-0.25, -0.2) is 4.98 Å². The van der Waals surface area contributed by atoms with Crippen molar-refractivity contribution in [2.75, 3.05) is 13.2 Å². The summed E-state index contributed by atoms with van der Waals surface area (Å²) >= 11 is 1.57. The number of β-amino-alcohol motifs (C(OH)–C–C–N with tert-alkyl or cyclic N) is 1. The van der Waals surface area contributed by atoms with Crippen LogP contribution < -0.4 is 0 Å². The molecule has 208 valence electrons. The smallest absolute Gasteiger partial charge is 0.309 e. The first-order valence-corrected chi connectivity index (χ1v) is 14.6. The molecule has 0 aromatic carbocycles. The number of aromatic nitrogens is 1. The molecule has 2 fully saturated rings. The quantitative estimate of drug-likeness (QED) is 0.429. The molecule has 8 heteroatoms. The van der Waals surface area contributed by atoms with E-state index in [0.717, 1.165) is 35.5 Å². The number of rotatable bonds is 4. The second kappa shape index (κ2) is 12.5. The molecule has 0 spiro atoms. The molecule has 1 aromatic heterocycles. The van der Waals surface area contributed by atoms with Crippen molar-refractivity contribution >= 4 is 29.2 Å². The van der Waals surface area contributed by atoms with Gasteiger partial charge in [0.25, 0.3) is 0 Å². The molecule has 37 heavy (non-hydrogen) atoms. The Labute approximate surface area is 226 Å². The number of thiazole rings is 1. The summed E-state index contributed by atoms with van der Waals surface area (Å²) in [6.45, 7) is 14.4. The highest BCUT2D eigenvalue weighted by Gasteiger charge is 2.48. The Morgan fingerprint density at radius 3 is 2.57 bits per heavy atom. The maximum atomic E-state index is 13.4. The topological polar surface area (TPSA) is 99.7 Å². The van der Waals surface area contributed by atoms with Crippen LogP contribution in [0.4, 0.5) is 0 Å². The highest BCUT2D eigenvalue weighted by Crippen LogP contribution is 2.39. The van der Waals surface area contributed by atoms with Gasteiger partial charge in [-0.2, -0.15) is 0 Å². The van der Waals surface area contributed by atoms with Gasteiger partial charge in [0.2, 0.25) is 0 Å². The summed E-state index contributed by atoms with van der Waals surface area (Å²) in [4.78, 5) is 33.3. The minimum absolute atomic E-state index is 0.0119. The highest BCUT2D eigenvalue weighted by atomic mass is 32.1. The van der Waals surface area contributed by atoms with Crippen molar-refractivity contribution in [1.82, 2.24) is 9.88 Å². The summed E-state index contributed by atoms with van der Waals surface area (Å²) < 4.78 is 5.99. The molecular weight excluding hydrogens is 488 g/mol. The number of ether oxygens (including phenoxy) is 1. The largest absolute Gasteiger partial charge is 0.458 e. The predicted molar refractivity (Wildman–Crippen MR) is 147 cm³/mol. The summed E-state index contributed by atoms with van der Waals surface area (Å²) in [5, 5.41) is 23.6. The molecule has 1 aromatic rings. The van der Waals surface area contributed by atoms with E-state index in [0.29, 0.717) is 24.9 Å². The van der Waals surface area contributed by atoms with Crippen molar-refractivity contribution in [3.63, 3.8) is 0 Å². The molecule has 3 rings (SSSR count). The normalized spacial score (nSPS) is 36.1. The van der Waals surface area contributed by atoms with Crippen molar-refractivity contribution in [2.24, 2.45) is 23.2 Å². The van der Waals surface area contributed by atoms with E-state index in [-0.39, 0.29) is 36.7 Å². The Kier molecular flexibility index (Phi) is 10.1. The first-order chi connectivity index (χ1) is 17.4. The summed E-state index contributed by atoms with van der Waals surface area (Å²) in [7, 11) is 0. The molecule has 3 heterocycles. The molecular formula is C29H46N2O5S. The molecule has 7 nitrogen and oxygen atoms in total. The number of aliphatic hydroxyl groups excluding tert-OH is 2. The number of esters is 1. The van der Waals surface area contributed by atoms with E-state index in [1.807, 2.05) is 32.2 Å². The zero-order chi connectivity index (χ0) is 27.5. The second-order valence-electron chi connectivity index (χ2n) is 11.9. The average Bonchev–Trinajstić information content (AvgIpc) is 3.29. The zero-order valence-electron chi connectivity index (χ0n) is 23.6. The Balaban J connectivity index is 1.88. The molecule has 0 aliphatic carbocycles. The number of aryl methyl sites for hydroxylation is 1. The maximum Gasteiger partial charge on any atom is 0.309 e. The molecule has 2 aliphatic heterocycles. The zero-order valence-corrected chi connectivity index (χ0v) is 24.4. The number of aliphatic hydroxyl groups is 2. The van der Waals surface area contributed by atoms with Gasteiger partial charge in [-0.3, -0.25) is 14.5 Å². The van der Waals surface area contributed by atoms with Crippen LogP contribution in [-0.2, 0) is 14.3 Å². The van der Waals surface area contributed by atoms with Crippen molar-refractivity contribution < 1.29 is 24.5 Å². The lowest BCUT2D eigenvalue weighted by Gasteiger charge is -2.35. The summed E-state index contributed by atoms with van der Waals surface area (Å²) in [5.74, 6) is -0.195. The van der Waals surface area contributed by atoms with Gasteiger partial charge in [-0.05, 0) is 43.8 Å². The number of carbonyl (C=O) groups excluding carboxylic acids is 2. The molecule has 8 atom stereocenters. The van der Waals surface area contributed by atoms with E-state index in [1.54, 1.807) is 25.2 Å². The summed E-state index contributed by atoms with van der Waals surface area (Å²) in [6.07, 6.45) is 3.84.